The number of benzene rings is 1. The first-order valence-corrected chi connectivity index (χ1v) is 8.60. The number of nitrogens with one attached hydrogen (secondary N) is 3. The van der Waals surface area contributed by atoms with Crippen molar-refractivity contribution in [1.29, 1.82) is 0 Å². The van der Waals surface area contributed by atoms with Gasteiger partial charge in [0.1, 0.15) is 12.1 Å². The third-order valence-corrected chi connectivity index (χ3v) is 4.71. The molecule has 1 aliphatic carbocycles. The Bertz CT molecular complexity index is 996. The molecule has 5 rings (SSSR count). The highest BCUT2D eigenvalue weighted by Crippen LogP contribution is 2.30. The Morgan fingerprint density at radius 1 is 1.19 bits per heavy atom. The normalized spacial score (nSPS) is 16.4. The lowest BCUT2D eigenvalue weighted by molar-refractivity contribution is 0.151. The smallest absolute Gasteiger partial charge is 0.411 e. The van der Waals surface area contributed by atoms with E-state index in [-0.39, 0.29) is 6.61 Å². The molecule has 1 aliphatic heterocycles. The number of carbonyl (C=O) groups is 1. The zero-order chi connectivity index (χ0) is 17.5. The number of aromatic nitrogens is 2. The van der Waals surface area contributed by atoms with Crippen LogP contribution in [0.3, 0.4) is 0 Å². The Hall–Kier alpha value is -3.29. The van der Waals surface area contributed by atoms with Crippen molar-refractivity contribution >= 4 is 40.3 Å². The lowest BCUT2D eigenvalue weighted by Gasteiger charge is -2.26. The SMILES string of the molecule is O=C1Nc2cc(Nc3nc(NC4CCC4)c4occc4n3)ccc2CO1. The van der Waals surface area contributed by atoms with Crippen LogP contribution in [0.4, 0.5) is 27.9 Å². The molecule has 8 heteroatoms. The number of hydrogen-bond donors (Lipinski definition) is 3. The van der Waals surface area contributed by atoms with Crippen LogP contribution in [-0.2, 0) is 11.3 Å². The van der Waals surface area contributed by atoms with E-state index in [0.717, 1.165) is 35.3 Å². The third kappa shape index (κ3) is 2.69. The molecule has 0 bridgehead atoms. The fourth-order valence-corrected chi connectivity index (χ4v) is 3.08. The fraction of sp³-hybridized carbons (Fsp3) is 0.278. The maximum Gasteiger partial charge on any atom is 0.411 e. The summed E-state index contributed by atoms with van der Waals surface area (Å²) in [6.07, 6.45) is 4.68. The van der Waals surface area contributed by atoms with Gasteiger partial charge in [-0.15, -0.1) is 0 Å². The number of hydrogen-bond acceptors (Lipinski definition) is 7. The quantitative estimate of drug-likeness (QED) is 0.653. The van der Waals surface area contributed by atoms with E-state index >= 15 is 0 Å². The van der Waals surface area contributed by atoms with Gasteiger partial charge in [-0.1, -0.05) is 6.07 Å². The number of fused-ring (bicyclic) bond motifs is 2. The minimum Gasteiger partial charge on any atom is -0.459 e. The van der Waals surface area contributed by atoms with E-state index in [1.54, 1.807) is 6.26 Å². The molecule has 1 amide bonds. The Kier molecular flexibility index (Phi) is 3.41. The van der Waals surface area contributed by atoms with E-state index < -0.39 is 6.09 Å². The van der Waals surface area contributed by atoms with Crippen molar-refractivity contribution in [2.24, 2.45) is 0 Å². The van der Waals surface area contributed by atoms with Crippen LogP contribution in [0.25, 0.3) is 11.1 Å². The van der Waals surface area contributed by atoms with Crippen molar-refractivity contribution < 1.29 is 13.9 Å². The Labute approximate surface area is 149 Å². The van der Waals surface area contributed by atoms with Crippen molar-refractivity contribution in [3.8, 4) is 0 Å². The molecule has 26 heavy (non-hydrogen) atoms. The summed E-state index contributed by atoms with van der Waals surface area (Å²) >= 11 is 0. The van der Waals surface area contributed by atoms with Crippen LogP contribution in [0, 0.1) is 0 Å². The van der Waals surface area contributed by atoms with Crippen LogP contribution >= 0.6 is 0 Å². The summed E-state index contributed by atoms with van der Waals surface area (Å²) in [4.78, 5) is 20.5. The highest BCUT2D eigenvalue weighted by Gasteiger charge is 2.21. The summed E-state index contributed by atoms with van der Waals surface area (Å²) in [7, 11) is 0. The van der Waals surface area contributed by atoms with Gasteiger partial charge in [0.15, 0.2) is 11.4 Å². The minimum atomic E-state index is -0.447. The Morgan fingerprint density at radius 2 is 2.12 bits per heavy atom. The number of amides is 1. The second kappa shape index (κ2) is 5.91. The number of anilines is 4. The number of rotatable bonds is 4. The topological polar surface area (TPSA) is 101 Å². The maximum atomic E-state index is 11.4. The molecule has 1 aromatic carbocycles. The summed E-state index contributed by atoms with van der Waals surface area (Å²) in [5.74, 6) is 1.17. The van der Waals surface area contributed by atoms with Crippen molar-refractivity contribution in [3.63, 3.8) is 0 Å². The average Bonchev–Trinajstić information content (AvgIpc) is 3.06. The molecule has 2 aliphatic rings. The van der Waals surface area contributed by atoms with Gasteiger partial charge in [0.25, 0.3) is 0 Å². The number of cyclic esters (lactones) is 1. The molecule has 2 aromatic heterocycles. The number of furan rings is 1. The first-order chi connectivity index (χ1) is 12.7. The van der Waals surface area contributed by atoms with Crippen LogP contribution in [-0.4, -0.2) is 22.1 Å². The predicted octanol–water partition coefficient (Wildman–Crippen LogP) is 3.99. The molecule has 3 aromatic rings. The van der Waals surface area contributed by atoms with Gasteiger partial charge in [-0.3, -0.25) is 5.32 Å². The van der Waals surface area contributed by atoms with Crippen LogP contribution in [0.1, 0.15) is 24.8 Å². The molecule has 1 fully saturated rings. The fourth-order valence-electron chi connectivity index (χ4n) is 3.08. The summed E-state index contributed by atoms with van der Waals surface area (Å²) in [6, 6.07) is 7.91. The molecule has 132 valence electrons. The lowest BCUT2D eigenvalue weighted by atomic mass is 9.93. The van der Waals surface area contributed by atoms with Gasteiger partial charge in [-0.25, -0.2) is 9.78 Å². The summed E-state index contributed by atoms with van der Waals surface area (Å²) in [5.41, 5.74) is 3.84. The molecule has 0 spiro atoms. The summed E-state index contributed by atoms with van der Waals surface area (Å²) in [6.45, 7) is 0.272. The van der Waals surface area contributed by atoms with E-state index in [2.05, 4.69) is 25.9 Å². The maximum absolute atomic E-state index is 11.4. The first kappa shape index (κ1) is 15.0. The standard InChI is InChI=1S/C18H17N5O3/c24-18-22-14-8-12(5-4-10(14)9-26-18)20-17-21-13-6-7-25-15(13)16(23-17)19-11-2-1-3-11/h4-8,11H,1-3,9H2,(H,22,24)(H2,19,20,21,23). The van der Waals surface area contributed by atoms with Gasteiger partial charge in [0, 0.05) is 23.4 Å². The van der Waals surface area contributed by atoms with E-state index in [9.17, 15) is 4.79 Å². The highest BCUT2D eigenvalue weighted by atomic mass is 16.5. The molecule has 1 saturated carbocycles. The van der Waals surface area contributed by atoms with Crippen LogP contribution in [0.2, 0.25) is 0 Å². The summed E-state index contributed by atoms with van der Waals surface area (Å²) < 4.78 is 10.5. The second-order valence-electron chi connectivity index (χ2n) is 6.50. The Morgan fingerprint density at radius 3 is 2.96 bits per heavy atom. The van der Waals surface area contributed by atoms with Crippen LogP contribution in [0.15, 0.2) is 34.9 Å². The van der Waals surface area contributed by atoms with E-state index in [1.165, 1.54) is 6.42 Å². The van der Waals surface area contributed by atoms with Crippen molar-refractivity contribution in [2.45, 2.75) is 31.9 Å². The summed E-state index contributed by atoms with van der Waals surface area (Å²) in [5, 5.41) is 9.33. The lowest BCUT2D eigenvalue weighted by Crippen LogP contribution is -2.27. The predicted molar refractivity (Wildman–Crippen MR) is 96.6 cm³/mol. The average molecular weight is 351 g/mol. The first-order valence-electron chi connectivity index (χ1n) is 8.60. The molecular weight excluding hydrogens is 334 g/mol. The molecule has 0 saturated heterocycles. The molecule has 0 radical (unpaired) electrons. The van der Waals surface area contributed by atoms with Crippen molar-refractivity contribution in [2.75, 3.05) is 16.0 Å². The van der Waals surface area contributed by atoms with Gasteiger partial charge in [-0.05, 0) is 31.4 Å². The highest BCUT2D eigenvalue weighted by molar-refractivity contribution is 5.89. The van der Waals surface area contributed by atoms with E-state index in [0.29, 0.717) is 23.4 Å². The largest absolute Gasteiger partial charge is 0.459 e. The third-order valence-electron chi connectivity index (χ3n) is 4.71. The molecule has 3 N–H and O–H groups in total. The van der Waals surface area contributed by atoms with Gasteiger partial charge >= 0.3 is 6.09 Å². The van der Waals surface area contributed by atoms with Crippen molar-refractivity contribution in [3.05, 3.63) is 36.1 Å². The van der Waals surface area contributed by atoms with Gasteiger partial charge in [-0.2, -0.15) is 4.98 Å². The number of nitrogens with zero attached hydrogens (tertiary/aromatic N) is 2. The zero-order valence-electron chi connectivity index (χ0n) is 13.9. The van der Waals surface area contributed by atoms with E-state index in [1.807, 2.05) is 24.3 Å². The monoisotopic (exact) mass is 351 g/mol. The van der Waals surface area contributed by atoms with Gasteiger partial charge in [0.2, 0.25) is 5.95 Å². The molecule has 3 heterocycles. The molecule has 8 nitrogen and oxygen atoms in total. The van der Waals surface area contributed by atoms with Gasteiger partial charge in [0.05, 0.1) is 12.0 Å². The van der Waals surface area contributed by atoms with Crippen LogP contribution < -0.4 is 16.0 Å². The van der Waals surface area contributed by atoms with Gasteiger partial charge < -0.3 is 19.8 Å². The van der Waals surface area contributed by atoms with Crippen LogP contribution in [0.5, 0.6) is 0 Å². The molecular formula is C18H17N5O3. The minimum absolute atomic E-state index is 0.272. The zero-order valence-corrected chi connectivity index (χ0v) is 13.9. The number of carbonyl (C=O) groups excluding carboxylic acids is 1. The second-order valence-corrected chi connectivity index (χ2v) is 6.50. The van der Waals surface area contributed by atoms with Crippen molar-refractivity contribution in [1.82, 2.24) is 9.97 Å². The van der Waals surface area contributed by atoms with E-state index in [4.69, 9.17) is 9.15 Å². The molecule has 0 unspecified atom stereocenters. The Balaban J connectivity index is 1.45. The molecule has 0 atom stereocenters. The number of ether oxygens (including phenoxy) is 1.